The molecule has 0 aliphatic heterocycles. The first-order chi connectivity index (χ1) is 11.8. The molecule has 3 amide bonds. The zero-order chi connectivity index (χ0) is 18.4. The molecule has 8 heteroatoms. The molecule has 2 aromatic rings. The van der Waals surface area contributed by atoms with Crippen LogP contribution in [-0.4, -0.2) is 18.0 Å². The van der Waals surface area contributed by atoms with Crippen molar-refractivity contribution >= 4 is 17.6 Å². The molecular weight excluding hydrogens is 335 g/mol. The normalized spacial score (nSPS) is 12.3. The molecule has 0 saturated carbocycles. The molecule has 0 aliphatic rings. The van der Waals surface area contributed by atoms with Gasteiger partial charge in [-0.25, -0.2) is 4.79 Å². The Morgan fingerprint density at radius 3 is 2.32 bits per heavy atom. The third-order valence-corrected chi connectivity index (χ3v) is 3.37. The van der Waals surface area contributed by atoms with Crippen LogP contribution in [0.15, 0.2) is 54.6 Å². The number of carbonyl (C=O) groups excluding carboxylic acids is 2. The number of urea groups is 1. The third-order valence-electron chi connectivity index (χ3n) is 3.37. The smallest absolute Gasteiger partial charge is 0.352 e. The summed E-state index contributed by atoms with van der Waals surface area (Å²) in [4.78, 5) is 23.5. The third kappa shape index (κ3) is 5.52. The average molecular weight is 351 g/mol. The van der Waals surface area contributed by atoms with Gasteiger partial charge in [0.05, 0.1) is 5.56 Å². The molecule has 25 heavy (non-hydrogen) atoms. The quantitative estimate of drug-likeness (QED) is 0.774. The van der Waals surface area contributed by atoms with Crippen LogP contribution in [0.3, 0.4) is 0 Å². The molecule has 5 nitrogen and oxygen atoms in total. The van der Waals surface area contributed by atoms with E-state index in [0.29, 0.717) is 0 Å². The van der Waals surface area contributed by atoms with Crippen LogP contribution in [0.25, 0.3) is 0 Å². The zero-order valence-corrected chi connectivity index (χ0v) is 13.0. The summed E-state index contributed by atoms with van der Waals surface area (Å²) in [6.45, 7) is 0. The second-order valence-corrected chi connectivity index (χ2v) is 5.32. The van der Waals surface area contributed by atoms with E-state index in [9.17, 15) is 22.8 Å². The Kier molecular flexibility index (Phi) is 5.63. The zero-order valence-electron chi connectivity index (χ0n) is 13.0. The average Bonchev–Trinajstić information content (AvgIpc) is 2.54. The number of carbonyl (C=O) groups is 2. The van der Waals surface area contributed by atoms with Crippen LogP contribution >= 0.6 is 0 Å². The van der Waals surface area contributed by atoms with Crippen LogP contribution in [0.1, 0.15) is 11.1 Å². The van der Waals surface area contributed by atoms with Crippen LogP contribution in [0.4, 0.5) is 23.7 Å². The van der Waals surface area contributed by atoms with Crippen molar-refractivity contribution in [3.8, 4) is 0 Å². The highest BCUT2D eigenvalue weighted by Crippen LogP contribution is 2.30. The van der Waals surface area contributed by atoms with Gasteiger partial charge in [0, 0.05) is 12.1 Å². The van der Waals surface area contributed by atoms with Gasteiger partial charge < -0.3 is 16.4 Å². The standard InChI is InChI=1S/C17H16F3N3O2/c18-17(19,20)12-7-4-8-13(10-12)22-15(24)14(23-16(21)25)9-11-5-2-1-3-6-11/h1-8,10,14H,9H2,(H,22,24)(H3,21,23,25)/t14-/m1/s1. The van der Waals surface area contributed by atoms with Crippen LogP contribution in [0.5, 0.6) is 0 Å². The lowest BCUT2D eigenvalue weighted by Crippen LogP contribution is -2.47. The van der Waals surface area contributed by atoms with E-state index in [0.717, 1.165) is 17.7 Å². The second kappa shape index (κ2) is 7.69. The lowest BCUT2D eigenvalue weighted by atomic mass is 10.1. The number of benzene rings is 2. The molecule has 0 spiro atoms. The van der Waals surface area contributed by atoms with Gasteiger partial charge in [-0.3, -0.25) is 4.79 Å². The Morgan fingerprint density at radius 2 is 1.72 bits per heavy atom. The number of amides is 3. The van der Waals surface area contributed by atoms with Crippen molar-refractivity contribution in [2.75, 3.05) is 5.32 Å². The molecule has 0 radical (unpaired) electrons. The molecule has 0 unspecified atom stereocenters. The number of nitrogens with one attached hydrogen (secondary N) is 2. The Hall–Kier alpha value is -3.03. The maximum atomic E-state index is 12.7. The topological polar surface area (TPSA) is 84.2 Å². The van der Waals surface area contributed by atoms with Crippen molar-refractivity contribution in [1.29, 1.82) is 0 Å². The Bertz CT molecular complexity index is 748. The number of hydrogen-bond acceptors (Lipinski definition) is 2. The molecule has 2 aromatic carbocycles. The lowest BCUT2D eigenvalue weighted by molar-refractivity contribution is -0.137. The second-order valence-electron chi connectivity index (χ2n) is 5.32. The van der Waals surface area contributed by atoms with E-state index in [2.05, 4.69) is 10.6 Å². The molecule has 132 valence electrons. The van der Waals surface area contributed by atoms with Gasteiger partial charge in [0.25, 0.3) is 0 Å². The molecule has 0 bridgehead atoms. The van der Waals surface area contributed by atoms with Crippen LogP contribution in [0, 0.1) is 0 Å². The van der Waals surface area contributed by atoms with E-state index in [1.807, 2.05) is 0 Å². The van der Waals surface area contributed by atoms with Gasteiger partial charge in [-0.05, 0) is 23.8 Å². The predicted octanol–water partition coefficient (Wildman–Crippen LogP) is 2.92. The number of nitrogens with two attached hydrogens (primary N) is 1. The summed E-state index contributed by atoms with van der Waals surface area (Å²) in [5.41, 5.74) is 4.94. The Balaban J connectivity index is 2.15. The SMILES string of the molecule is NC(=O)N[C@H](Cc1ccccc1)C(=O)Nc1cccc(C(F)(F)F)c1. The lowest BCUT2D eigenvalue weighted by Gasteiger charge is -2.18. The van der Waals surface area contributed by atoms with Crippen molar-refractivity contribution < 1.29 is 22.8 Å². The molecule has 0 saturated heterocycles. The fourth-order valence-electron chi connectivity index (χ4n) is 2.23. The first kappa shape index (κ1) is 18.3. The minimum atomic E-state index is -4.52. The summed E-state index contributed by atoms with van der Waals surface area (Å²) in [6.07, 6.45) is -4.37. The van der Waals surface area contributed by atoms with Gasteiger partial charge in [0.1, 0.15) is 6.04 Å². The van der Waals surface area contributed by atoms with Crippen molar-refractivity contribution in [2.45, 2.75) is 18.6 Å². The fraction of sp³-hybridized carbons (Fsp3) is 0.176. The molecule has 1 atom stereocenters. The molecule has 0 aliphatic carbocycles. The van der Waals surface area contributed by atoms with E-state index in [1.54, 1.807) is 30.3 Å². The summed E-state index contributed by atoms with van der Waals surface area (Å²) in [6, 6.07) is 11.2. The summed E-state index contributed by atoms with van der Waals surface area (Å²) in [5.74, 6) is -0.665. The maximum Gasteiger partial charge on any atom is 0.416 e. The first-order valence-electron chi connectivity index (χ1n) is 7.34. The highest BCUT2D eigenvalue weighted by molar-refractivity contribution is 5.97. The van der Waals surface area contributed by atoms with E-state index < -0.39 is 29.7 Å². The van der Waals surface area contributed by atoms with Gasteiger partial charge in [0.2, 0.25) is 5.91 Å². The van der Waals surface area contributed by atoms with Crippen molar-refractivity contribution in [3.05, 3.63) is 65.7 Å². The molecule has 0 aromatic heterocycles. The number of alkyl halides is 3. The summed E-state index contributed by atoms with van der Waals surface area (Å²) in [5, 5.41) is 4.67. The van der Waals surface area contributed by atoms with Crippen molar-refractivity contribution in [1.82, 2.24) is 5.32 Å². The van der Waals surface area contributed by atoms with Crippen LogP contribution in [-0.2, 0) is 17.4 Å². The minimum Gasteiger partial charge on any atom is -0.352 e. The molecule has 0 heterocycles. The number of halogens is 3. The van der Waals surface area contributed by atoms with Gasteiger partial charge in [-0.2, -0.15) is 13.2 Å². The molecule has 4 N–H and O–H groups in total. The summed E-state index contributed by atoms with van der Waals surface area (Å²) < 4.78 is 38.2. The number of anilines is 1. The number of hydrogen-bond donors (Lipinski definition) is 3. The predicted molar refractivity (Wildman–Crippen MR) is 86.7 cm³/mol. The Morgan fingerprint density at radius 1 is 1.04 bits per heavy atom. The number of rotatable bonds is 5. The largest absolute Gasteiger partial charge is 0.416 e. The van der Waals surface area contributed by atoms with Gasteiger partial charge >= 0.3 is 12.2 Å². The molecule has 0 fully saturated rings. The fourth-order valence-corrected chi connectivity index (χ4v) is 2.23. The molecular formula is C17H16F3N3O2. The van der Waals surface area contributed by atoms with Crippen LogP contribution in [0.2, 0.25) is 0 Å². The summed E-state index contributed by atoms with van der Waals surface area (Å²) >= 11 is 0. The monoisotopic (exact) mass is 351 g/mol. The van der Waals surface area contributed by atoms with E-state index >= 15 is 0 Å². The van der Waals surface area contributed by atoms with Crippen molar-refractivity contribution in [3.63, 3.8) is 0 Å². The van der Waals surface area contributed by atoms with Gasteiger partial charge in [0.15, 0.2) is 0 Å². The maximum absolute atomic E-state index is 12.7. The highest BCUT2D eigenvalue weighted by atomic mass is 19.4. The minimum absolute atomic E-state index is 0.0239. The van der Waals surface area contributed by atoms with Gasteiger partial charge in [-0.1, -0.05) is 36.4 Å². The van der Waals surface area contributed by atoms with E-state index in [1.165, 1.54) is 12.1 Å². The molecule has 2 rings (SSSR count). The van der Waals surface area contributed by atoms with Crippen molar-refractivity contribution in [2.24, 2.45) is 5.73 Å². The van der Waals surface area contributed by atoms with Crippen LogP contribution < -0.4 is 16.4 Å². The first-order valence-corrected chi connectivity index (χ1v) is 7.34. The summed E-state index contributed by atoms with van der Waals surface area (Å²) in [7, 11) is 0. The van der Waals surface area contributed by atoms with E-state index in [-0.39, 0.29) is 12.1 Å². The van der Waals surface area contributed by atoms with Gasteiger partial charge in [-0.15, -0.1) is 0 Å². The Labute approximate surface area is 142 Å². The highest BCUT2D eigenvalue weighted by Gasteiger charge is 2.30. The number of primary amides is 1. The van der Waals surface area contributed by atoms with E-state index in [4.69, 9.17) is 5.73 Å².